The van der Waals surface area contributed by atoms with Crippen LogP contribution in [0.15, 0.2) is 35.1 Å². The van der Waals surface area contributed by atoms with Crippen molar-refractivity contribution in [1.82, 2.24) is 9.78 Å². The fourth-order valence-electron chi connectivity index (χ4n) is 2.37. The standard InChI is InChI=1S/C17H18N2O5/c1-10(2)14-12(16(21)23-3)15(20)13(17(22)24-4)18-19(14)11-8-6-5-7-9-11/h5-10H,1-4H3. The Bertz CT molecular complexity index is 825. The lowest BCUT2D eigenvalue weighted by molar-refractivity contribution is 0.0586. The molecule has 0 radical (unpaired) electrons. The highest BCUT2D eigenvalue weighted by Gasteiger charge is 2.28. The first-order chi connectivity index (χ1) is 11.4. The molecule has 0 unspecified atom stereocenters. The molecular formula is C17H18N2O5. The monoisotopic (exact) mass is 330 g/mol. The molecule has 0 fully saturated rings. The van der Waals surface area contributed by atoms with Crippen LogP contribution in [0.4, 0.5) is 0 Å². The number of ether oxygens (including phenoxy) is 2. The van der Waals surface area contributed by atoms with E-state index in [1.165, 1.54) is 11.8 Å². The molecule has 0 aliphatic carbocycles. The van der Waals surface area contributed by atoms with Crippen molar-refractivity contribution >= 4 is 11.9 Å². The Balaban J connectivity index is 2.94. The largest absolute Gasteiger partial charge is 0.465 e. The molecule has 2 rings (SSSR count). The smallest absolute Gasteiger partial charge is 0.362 e. The van der Waals surface area contributed by atoms with E-state index in [1.807, 2.05) is 19.9 Å². The minimum Gasteiger partial charge on any atom is -0.465 e. The molecule has 0 spiro atoms. The molecular weight excluding hydrogens is 312 g/mol. The Hall–Kier alpha value is -2.96. The van der Waals surface area contributed by atoms with E-state index >= 15 is 0 Å². The van der Waals surface area contributed by atoms with Gasteiger partial charge in [-0.15, -0.1) is 0 Å². The number of hydrogen-bond acceptors (Lipinski definition) is 6. The van der Waals surface area contributed by atoms with Crippen molar-refractivity contribution < 1.29 is 19.1 Å². The molecule has 0 aliphatic heterocycles. The molecule has 7 nitrogen and oxygen atoms in total. The maximum Gasteiger partial charge on any atom is 0.362 e. The molecule has 0 atom stereocenters. The highest BCUT2D eigenvalue weighted by molar-refractivity contribution is 5.94. The van der Waals surface area contributed by atoms with Crippen LogP contribution in [0.5, 0.6) is 0 Å². The van der Waals surface area contributed by atoms with Gasteiger partial charge in [-0.25, -0.2) is 14.3 Å². The summed E-state index contributed by atoms with van der Waals surface area (Å²) in [6, 6.07) is 8.91. The summed E-state index contributed by atoms with van der Waals surface area (Å²) in [5.41, 5.74) is -0.510. The molecule has 0 amide bonds. The van der Waals surface area contributed by atoms with E-state index in [0.717, 1.165) is 7.11 Å². The minimum absolute atomic E-state index is 0.216. The summed E-state index contributed by atoms with van der Waals surface area (Å²) in [4.78, 5) is 36.7. The van der Waals surface area contributed by atoms with Gasteiger partial charge in [0.05, 0.1) is 25.6 Å². The van der Waals surface area contributed by atoms with Gasteiger partial charge in [0.15, 0.2) is 0 Å². The molecule has 1 heterocycles. The van der Waals surface area contributed by atoms with E-state index in [0.29, 0.717) is 11.4 Å². The second-order valence-corrected chi connectivity index (χ2v) is 5.32. The topological polar surface area (TPSA) is 87.5 Å². The molecule has 1 aromatic carbocycles. The second kappa shape index (κ2) is 7.08. The van der Waals surface area contributed by atoms with Gasteiger partial charge in [-0.05, 0) is 18.1 Å². The van der Waals surface area contributed by atoms with Gasteiger partial charge in [0, 0.05) is 0 Å². The number of methoxy groups -OCH3 is 2. The summed E-state index contributed by atoms with van der Waals surface area (Å²) in [5, 5.41) is 4.13. The van der Waals surface area contributed by atoms with Crippen molar-refractivity contribution in [2.24, 2.45) is 0 Å². The Kier molecular flexibility index (Phi) is 5.13. The zero-order chi connectivity index (χ0) is 17.9. The highest BCUT2D eigenvalue weighted by Crippen LogP contribution is 2.21. The zero-order valence-corrected chi connectivity index (χ0v) is 13.9. The van der Waals surface area contributed by atoms with E-state index in [2.05, 4.69) is 9.84 Å². The molecule has 0 bridgehead atoms. The number of carbonyl (C=O) groups is 2. The average Bonchev–Trinajstić information content (AvgIpc) is 2.60. The fraction of sp³-hybridized carbons (Fsp3) is 0.294. The predicted octanol–water partition coefficient (Wildman–Crippen LogP) is 1.93. The number of hydrogen-bond donors (Lipinski definition) is 0. The molecule has 24 heavy (non-hydrogen) atoms. The van der Waals surface area contributed by atoms with Gasteiger partial charge >= 0.3 is 11.9 Å². The van der Waals surface area contributed by atoms with Crippen LogP contribution in [0, 0.1) is 0 Å². The maximum absolute atomic E-state index is 12.6. The third-order valence-electron chi connectivity index (χ3n) is 3.44. The lowest BCUT2D eigenvalue weighted by Gasteiger charge is -2.19. The lowest BCUT2D eigenvalue weighted by atomic mass is 10.0. The SMILES string of the molecule is COC(=O)c1nn(-c2ccccc2)c(C(C)C)c(C(=O)OC)c1=O. The molecule has 126 valence electrons. The van der Waals surface area contributed by atoms with E-state index in [9.17, 15) is 14.4 Å². The molecule has 0 N–H and O–H groups in total. The van der Waals surface area contributed by atoms with Crippen LogP contribution in [-0.2, 0) is 9.47 Å². The van der Waals surface area contributed by atoms with Crippen molar-refractivity contribution in [2.75, 3.05) is 14.2 Å². The highest BCUT2D eigenvalue weighted by atomic mass is 16.5. The number of aromatic nitrogens is 2. The van der Waals surface area contributed by atoms with Crippen molar-refractivity contribution in [2.45, 2.75) is 19.8 Å². The number of carbonyl (C=O) groups excluding carboxylic acids is 2. The fourth-order valence-corrected chi connectivity index (χ4v) is 2.37. The van der Waals surface area contributed by atoms with E-state index < -0.39 is 23.1 Å². The van der Waals surface area contributed by atoms with E-state index in [-0.39, 0.29) is 11.5 Å². The second-order valence-electron chi connectivity index (χ2n) is 5.32. The van der Waals surface area contributed by atoms with Crippen molar-refractivity contribution in [3.8, 4) is 5.69 Å². The van der Waals surface area contributed by atoms with E-state index in [1.54, 1.807) is 24.3 Å². The number of rotatable bonds is 4. The molecule has 2 aromatic rings. The summed E-state index contributed by atoms with van der Waals surface area (Å²) in [6.45, 7) is 3.64. The quantitative estimate of drug-likeness (QED) is 0.796. The first-order valence-corrected chi connectivity index (χ1v) is 7.31. The van der Waals surface area contributed by atoms with Crippen LogP contribution in [0.3, 0.4) is 0 Å². The van der Waals surface area contributed by atoms with Gasteiger partial charge in [0.2, 0.25) is 11.1 Å². The zero-order valence-electron chi connectivity index (χ0n) is 13.9. The van der Waals surface area contributed by atoms with Gasteiger partial charge < -0.3 is 9.47 Å². The van der Waals surface area contributed by atoms with Gasteiger partial charge in [-0.2, -0.15) is 5.10 Å². The first-order valence-electron chi connectivity index (χ1n) is 7.31. The normalized spacial score (nSPS) is 10.5. The Morgan fingerprint density at radius 3 is 2.12 bits per heavy atom. The van der Waals surface area contributed by atoms with Crippen molar-refractivity contribution in [3.63, 3.8) is 0 Å². The predicted molar refractivity (Wildman–Crippen MR) is 86.6 cm³/mol. The summed E-state index contributed by atoms with van der Waals surface area (Å²) in [5.74, 6) is -1.95. The number of para-hydroxylation sites is 1. The third kappa shape index (κ3) is 3.05. The number of esters is 2. The summed E-state index contributed by atoms with van der Waals surface area (Å²) < 4.78 is 10.8. The summed E-state index contributed by atoms with van der Waals surface area (Å²) in [7, 11) is 2.32. The molecule has 7 heteroatoms. The first kappa shape index (κ1) is 17.4. The van der Waals surface area contributed by atoms with Gasteiger partial charge in [0.1, 0.15) is 5.56 Å². The van der Waals surface area contributed by atoms with Gasteiger partial charge in [0.25, 0.3) is 0 Å². The maximum atomic E-state index is 12.6. The molecule has 1 aromatic heterocycles. The van der Waals surface area contributed by atoms with Crippen molar-refractivity contribution in [3.05, 3.63) is 57.5 Å². The Morgan fingerprint density at radius 2 is 1.62 bits per heavy atom. The van der Waals surface area contributed by atoms with Gasteiger partial charge in [-0.3, -0.25) is 4.79 Å². The van der Waals surface area contributed by atoms with Crippen LogP contribution in [0.25, 0.3) is 5.69 Å². The number of benzene rings is 1. The van der Waals surface area contributed by atoms with E-state index in [4.69, 9.17) is 4.74 Å². The minimum atomic E-state index is -0.912. The number of nitrogens with zero attached hydrogens (tertiary/aromatic N) is 2. The van der Waals surface area contributed by atoms with Crippen LogP contribution >= 0.6 is 0 Å². The molecule has 0 aliphatic rings. The van der Waals surface area contributed by atoms with Gasteiger partial charge in [-0.1, -0.05) is 32.0 Å². The van der Waals surface area contributed by atoms with Crippen LogP contribution < -0.4 is 5.43 Å². The Labute approximate surface area is 138 Å². The third-order valence-corrected chi connectivity index (χ3v) is 3.44. The van der Waals surface area contributed by atoms with Crippen LogP contribution in [0.1, 0.15) is 46.3 Å². The summed E-state index contributed by atoms with van der Waals surface area (Å²) in [6.07, 6.45) is 0. The average molecular weight is 330 g/mol. The molecule has 0 saturated carbocycles. The summed E-state index contributed by atoms with van der Waals surface area (Å²) >= 11 is 0. The Morgan fingerprint density at radius 1 is 1.04 bits per heavy atom. The lowest BCUT2D eigenvalue weighted by Crippen LogP contribution is -2.32. The molecule has 0 saturated heterocycles. The van der Waals surface area contributed by atoms with Crippen molar-refractivity contribution in [1.29, 1.82) is 0 Å². The van der Waals surface area contributed by atoms with Crippen LogP contribution in [0.2, 0.25) is 0 Å². The van der Waals surface area contributed by atoms with Crippen LogP contribution in [-0.4, -0.2) is 35.9 Å².